The molecule has 28 heavy (non-hydrogen) atoms. The molecule has 3 rings (SSSR count). The van der Waals surface area contributed by atoms with Gasteiger partial charge in [0.1, 0.15) is 11.5 Å². The first-order valence-electron chi connectivity index (χ1n) is 9.60. The first kappa shape index (κ1) is 19.8. The Balaban J connectivity index is 1.78. The van der Waals surface area contributed by atoms with Gasteiger partial charge in [0, 0.05) is 40.2 Å². The highest BCUT2D eigenvalue weighted by Gasteiger charge is 2.23. The molecule has 0 aliphatic heterocycles. The molecule has 0 atom stereocenters. The van der Waals surface area contributed by atoms with Crippen molar-refractivity contribution in [3.63, 3.8) is 0 Å². The second-order valence-electron chi connectivity index (χ2n) is 7.30. The first-order valence-corrected chi connectivity index (χ1v) is 9.60. The molecule has 2 amide bonds. The van der Waals surface area contributed by atoms with Crippen LogP contribution >= 0.6 is 0 Å². The number of anilines is 2. The van der Waals surface area contributed by atoms with Crippen LogP contribution in [0.1, 0.15) is 35.8 Å². The van der Waals surface area contributed by atoms with E-state index in [0.717, 1.165) is 19.3 Å². The number of aromatic nitrogens is 2. The van der Waals surface area contributed by atoms with Gasteiger partial charge in [-0.05, 0) is 30.7 Å². The van der Waals surface area contributed by atoms with Gasteiger partial charge in [0.05, 0.1) is 0 Å². The predicted molar refractivity (Wildman–Crippen MR) is 110 cm³/mol. The molecule has 1 N–H and O–H groups in total. The van der Waals surface area contributed by atoms with Crippen LogP contribution in [0.3, 0.4) is 0 Å². The van der Waals surface area contributed by atoms with Crippen LogP contribution in [-0.4, -0.2) is 49.0 Å². The lowest BCUT2D eigenvalue weighted by atomic mass is 10.1. The number of carbonyl (C=O) groups excluding carboxylic acids is 2. The van der Waals surface area contributed by atoms with Crippen molar-refractivity contribution >= 4 is 23.6 Å². The van der Waals surface area contributed by atoms with Crippen LogP contribution in [0, 0.1) is 5.92 Å². The van der Waals surface area contributed by atoms with E-state index in [1.54, 1.807) is 13.1 Å². The molecule has 0 radical (unpaired) electrons. The van der Waals surface area contributed by atoms with E-state index >= 15 is 0 Å². The molecule has 0 saturated heterocycles. The topological polar surface area (TPSA) is 78.4 Å². The second kappa shape index (κ2) is 8.82. The summed E-state index contributed by atoms with van der Waals surface area (Å²) in [7, 11) is 3.53. The molecule has 7 nitrogen and oxygen atoms in total. The fourth-order valence-electron chi connectivity index (χ4n) is 2.73. The third kappa shape index (κ3) is 5.28. The van der Waals surface area contributed by atoms with E-state index in [1.165, 1.54) is 17.4 Å². The molecule has 1 saturated carbocycles. The molecule has 148 valence electrons. The standard InChI is InChI=1S/C21H27N5O2/c1-15(27)26(3)19-13-18(20(28)22-14-17-9-10-17)23-21(24-19)25(2)12-11-16-7-5-4-6-8-16/h4-8,13,17H,9-12,14H2,1-3H3,(H,22,28). The van der Waals surface area contributed by atoms with Gasteiger partial charge in [0.25, 0.3) is 5.91 Å². The summed E-state index contributed by atoms with van der Waals surface area (Å²) in [5, 5.41) is 2.93. The summed E-state index contributed by atoms with van der Waals surface area (Å²) in [6.07, 6.45) is 3.16. The molecule has 1 aliphatic carbocycles. The lowest BCUT2D eigenvalue weighted by molar-refractivity contribution is -0.116. The summed E-state index contributed by atoms with van der Waals surface area (Å²) in [4.78, 5) is 36.6. The smallest absolute Gasteiger partial charge is 0.270 e. The van der Waals surface area contributed by atoms with Gasteiger partial charge in [-0.1, -0.05) is 30.3 Å². The van der Waals surface area contributed by atoms with Gasteiger partial charge in [-0.2, -0.15) is 4.98 Å². The molecule has 0 unspecified atom stereocenters. The Morgan fingerprint density at radius 3 is 2.50 bits per heavy atom. The first-order chi connectivity index (χ1) is 13.4. The van der Waals surface area contributed by atoms with Crippen molar-refractivity contribution in [1.29, 1.82) is 0 Å². The lowest BCUT2D eigenvalue weighted by Crippen LogP contribution is -2.31. The number of hydrogen-bond donors (Lipinski definition) is 1. The largest absolute Gasteiger partial charge is 0.350 e. The van der Waals surface area contributed by atoms with Gasteiger partial charge < -0.3 is 15.1 Å². The molecule has 0 spiro atoms. The SMILES string of the molecule is CC(=O)N(C)c1cc(C(=O)NCC2CC2)nc(N(C)CCc2ccccc2)n1. The number of hydrogen-bond acceptors (Lipinski definition) is 5. The summed E-state index contributed by atoms with van der Waals surface area (Å²) in [6.45, 7) is 2.83. The van der Waals surface area contributed by atoms with Crippen LogP contribution in [0.25, 0.3) is 0 Å². The van der Waals surface area contributed by atoms with Crippen molar-refractivity contribution in [2.45, 2.75) is 26.2 Å². The molecule has 1 fully saturated rings. The molecular formula is C21H27N5O2. The van der Waals surface area contributed by atoms with Crippen molar-refractivity contribution in [1.82, 2.24) is 15.3 Å². The number of amides is 2. The average Bonchev–Trinajstić information content (AvgIpc) is 3.54. The predicted octanol–water partition coefficient (Wildman–Crippen LogP) is 2.28. The molecule has 1 aromatic carbocycles. The van der Waals surface area contributed by atoms with Gasteiger partial charge in [0.2, 0.25) is 11.9 Å². The third-order valence-corrected chi connectivity index (χ3v) is 4.92. The Kier molecular flexibility index (Phi) is 6.23. The van der Waals surface area contributed by atoms with Crippen LogP contribution < -0.4 is 15.1 Å². The maximum atomic E-state index is 12.6. The molecule has 7 heteroatoms. The van der Waals surface area contributed by atoms with Gasteiger partial charge in [-0.25, -0.2) is 4.98 Å². The number of nitrogens with zero attached hydrogens (tertiary/aromatic N) is 4. The summed E-state index contributed by atoms with van der Waals surface area (Å²) in [5.41, 5.74) is 1.49. The zero-order valence-corrected chi connectivity index (χ0v) is 16.7. The van der Waals surface area contributed by atoms with Crippen LogP contribution in [0.2, 0.25) is 0 Å². The fraction of sp³-hybridized carbons (Fsp3) is 0.429. The van der Waals surface area contributed by atoms with E-state index < -0.39 is 0 Å². The quantitative estimate of drug-likeness (QED) is 0.759. The Labute approximate surface area is 165 Å². The van der Waals surface area contributed by atoms with Crippen LogP contribution in [0.5, 0.6) is 0 Å². The molecular weight excluding hydrogens is 354 g/mol. The molecule has 1 aliphatic rings. The highest BCUT2D eigenvalue weighted by atomic mass is 16.2. The monoisotopic (exact) mass is 381 g/mol. The van der Waals surface area contributed by atoms with Crippen LogP contribution in [-0.2, 0) is 11.2 Å². The van der Waals surface area contributed by atoms with Crippen LogP contribution in [0.15, 0.2) is 36.4 Å². The number of rotatable bonds is 8. The minimum atomic E-state index is -0.231. The zero-order chi connectivity index (χ0) is 20.1. The normalized spacial score (nSPS) is 13.1. The maximum Gasteiger partial charge on any atom is 0.270 e. The maximum absolute atomic E-state index is 12.6. The average molecular weight is 381 g/mol. The second-order valence-corrected chi connectivity index (χ2v) is 7.30. The van der Waals surface area contributed by atoms with E-state index in [2.05, 4.69) is 27.4 Å². The minimum absolute atomic E-state index is 0.152. The number of likely N-dealkylation sites (N-methyl/N-ethyl adjacent to an activating group) is 1. The highest BCUT2D eigenvalue weighted by Crippen LogP contribution is 2.27. The van der Waals surface area contributed by atoms with Crippen molar-refractivity contribution < 1.29 is 9.59 Å². The highest BCUT2D eigenvalue weighted by molar-refractivity contribution is 5.95. The summed E-state index contributed by atoms with van der Waals surface area (Å²) in [5.74, 6) is 1.04. The molecule has 0 bridgehead atoms. The Bertz CT molecular complexity index is 836. The van der Waals surface area contributed by atoms with E-state index in [1.807, 2.05) is 30.1 Å². The Hall–Kier alpha value is -2.96. The molecule has 2 aromatic rings. The van der Waals surface area contributed by atoms with Crippen molar-refractivity contribution in [2.75, 3.05) is 37.0 Å². The van der Waals surface area contributed by atoms with E-state index in [0.29, 0.717) is 30.8 Å². The minimum Gasteiger partial charge on any atom is -0.350 e. The number of benzene rings is 1. The Morgan fingerprint density at radius 2 is 1.86 bits per heavy atom. The van der Waals surface area contributed by atoms with Crippen LogP contribution in [0.4, 0.5) is 11.8 Å². The van der Waals surface area contributed by atoms with Gasteiger partial charge in [0.15, 0.2) is 0 Å². The van der Waals surface area contributed by atoms with E-state index in [4.69, 9.17) is 0 Å². The summed E-state index contributed by atoms with van der Waals surface area (Å²) in [6, 6.07) is 11.7. The van der Waals surface area contributed by atoms with E-state index in [-0.39, 0.29) is 17.5 Å². The molecule has 1 heterocycles. The fourth-order valence-corrected chi connectivity index (χ4v) is 2.73. The summed E-state index contributed by atoms with van der Waals surface area (Å²) >= 11 is 0. The van der Waals surface area contributed by atoms with Crippen molar-refractivity contribution in [2.24, 2.45) is 5.92 Å². The van der Waals surface area contributed by atoms with E-state index in [9.17, 15) is 9.59 Å². The van der Waals surface area contributed by atoms with Crippen molar-refractivity contribution in [3.8, 4) is 0 Å². The molecule has 1 aromatic heterocycles. The lowest BCUT2D eigenvalue weighted by Gasteiger charge is -2.21. The van der Waals surface area contributed by atoms with Gasteiger partial charge in [-0.15, -0.1) is 0 Å². The number of nitrogens with one attached hydrogen (secondary N) is 1. The third-order valence-electron chi connectivity index (χ3n) is 4.92. The van der Waals surface area contributed by atoms with Crippen molar-refractivity contribution in [3.05, 3.63) is 47.7 Å². The Morgan fingerprint density at radius 1 is 1.14 bits per heavy atom. The van der Waals surface area contributed by atoms with Gasteiger partial charge in [-0.3, -0.25) is 9.59 Å². The summed E-state index contributed by atoms with van der Waals surface area (Å²) < 4.78 is 0. The zero-order valence-electron chi connectivity index (χ0n) is 16.7. The number of carbonyl (C=O) groups is 2. The van der Waals surface area contributed by atoms with Gasteiger partial charge >= 0.3 is 0 Å².